The quantitative estimate of drug-likeness (QED) is 0.859. The Balaban J connectivity index is 2.70. The lowest BCUT2D eigenvalue weighted by Gasteiger charge is -2.17. The molecule has 0 fully saturated rings. The fourth-order valence-electron chi connectivity index (χ4n) is 1.51. The summed E-state index contributed by atoms with van der Waals surface area (Å²) in [6.07, 6.45) is 0.674. The Morgan fingerprint density at radius 3 is 2.78 bits per heavy atom. The Kier molecular flexibility index (Phi) is 5.46. The fraction of sp³-hybridized carbons (Fsp3) is 0.500. The minimum absolute atomic E-state index is 0.371. The monoisotopic (exact) mass is 266 g/mol. The summed E-state index contributed by atoms with van der Waals surface area (Å²) in [5.74, 6) is 0.710. The minimum Gasteiger partial charge on any atom is -0.492 e. The van der Waals surface area contributed by atoms with Gasteiger partial charge in [0.1, 0.15) is 5.75 Å². The second kappa shape index (κ2) is 6.63. The lowest BCUT2D eigenvalue weighted by molar-refractivity contribution is 0.262. The van der Waals surface area contributed by atoms with E-state index < -0.39 is 0 Å². The number of rotatable bonds is 6. The molecular weight excluding hydrogens is 248 g/mol. The van der Waals surface area contributed by atoms with Gasteiger partial charge in [0.05, 0.1) is 23.1 Å². The summed E-state index contributed by atoms with van der Waals surface area (Å²) in [5.41, 5.74) is 0.657. The van der Waals surface area contributed by atoms with E-state index in [-0.39, 0.29) is 5.41 Å². The van der Waals surface area contributed by atoms with Crippen molar-refractivity contribution >= 4 is 11.6 Å². The van der Waals surface area contributed by atoms with E-state index >= 15 is 0 Å². The van der Waals surface area contributed by atoms with Gasteiger partial charge in [-0.3, -0.25) is 0 Å². The molecule has 0 aliphatic heterocycles. The van der Waals surface area contributed by atoms with Crippen LogP contribution in [-0.2, 0) is 6.54 Å². The molecule has 0 atom stereocenters. The number of hydrogen-bond acceptors (Lipinski definition) is 3. The van der Waals surface area contributed by atoms with E-state index in [0.717, 1.165) is 5.56 Å². The number of para-hydroxylation sites is 1. The second-order valence-electron chi connectivity index (χ2n) is 4.85. The molecule has 0 unspecified atom stereocenters. The van der Waals surface area contributed by atoms with Crippen LogP contribution in [0.4, 0.5) is 0 Å². The standard InChI is InChI=1S/C14H19ClN2O/c1-14(2,10-16)7-8-18-13-11(9-17-3)5-4-6-12(13)15/h4-6,17H,7-9H2,1-3H3. The summed E-state index contributed by atoms with van der Waals surface area (Å²) in [6.45, 7) is 4.99. The molecule has 0 amide bonds. The van der Waals surface area contributed by atoms with Crippen LogP contribution in [0.1, 0.15) is 25.8 Å². The molecule has 98 valence electrons. The second-order valence-corrected chi connectivity index (χ2v) is 5.26. The largest absolute Gasteiger partial charge is 0.492 e. The van der Waals surface area contributed by atoms with E-state index in [1.54, 1.807) is 0 Å². The average molecular weight is 267 g/mol. The van der Waals surface area contributed by atoms with Gasteiger partial charge in [0.2, 0.25) is 0 Å². The molecule has 0 saturated carbocycles. The first-order chi connectivity index (χ1) is 8.50. The van der Waals surface area contributed by atoms with E-state index in [2.05, 4.69) is 11.4 Å². The molecule has 0 aliphatic carbocycles. The summed E-state index contributed by atoms with van der Waals surface area (Å²) in [5, 5.41) is 12.6. The maximum atomic E-state index is 8.94. The van der Waals surface area contributed by atoms with Crippen molar-refractivity contribution in [3.05, 3.63) is 28.8 Å². The normalized spacial score (nSPS) is 11.1. The topological polar surface area (TPSA) is 45.0 Å². The van der Waals surface area contributed by atoms with Crippen molar-refractivity contribution in [2.75, 3.05) is 13.7 Å². The van der Waals surface area contributed by atoms with Gasteiger partial charge in [0.25, 0.3) is 0 Å². The molecule has 0 heterocycles. The molecule has 0 spiro atoms. The third-order valence-electron chi connectivity index (χ3n) is 2.69. The Morgan fingerprint density at radius 1 is 1.44 bits per heavy atom. The molecule has 4 heteroatoms. The molecule has 0 saturated heterocycles. The predicted molar refractivity (Wildman–Crippen MR) is 73.7 cm³/mol. The number of hydrogen-bond donors (Lipinski definition) is 1. The molecule has 1 N–H and O–H groups in total. The molecular formula is C14H19ClN2O. The van der Waals surface area contributed by atoms with Crippen molar-refractivity contribution < 1.29 is 4.74 Å². The van der Waals surface area contributed by atoms with Crippen LogP contribution in [0.3, 0.4) is 0 Å². The summed E-state index contributed by atoms with van der Waals surface area (Å²) >= 11 is 6.13. The zero-order valence-corrected chi connectivity index (χ0v) is 11.8. The average Bonchev–Trinajstić information content (AvgIpc) is 2.33. The first kappa shape index (κ1) is 14.8. The van der Waals surface area contributed by atoms with Gasteiger partial charge in [-0.25, -0.2) is 0 Å². The molecule has 0 radical (unpaired) electrons. The summed E-state index contributed by atoms with van der Waals surface area (Å²) in [6, 6.07) is 7.95. The molecule has 0 aliphatic rings. The van der Waals surface area contributed by atoms with Gasteiger partial charge in [-0.1, -0.05) is 23.7 Å². The van der Waals surface area contributed by atoms with Crippen molar-refractivity contribution in [1.82, 2.24) is 5.32 Å². The Morgan fingerprint density at radius 2 is 2.17 bits per heavy atom. The van der Waals surface area contributed by atoms with Gasteiger partial charge < -0.3 is 10.1 Å². The van der Waals surface area contributed by atoms with Gasteiger partial charge in [-0.15, -0.1) is 0 Å². The van der Waals surface area contributed by atoms with Crippen molar-refractivity contribution in [3.8, 4) is 11.8 Å². The van der Waals surface area contributed by atoms with E-state index in [1.165, 1.54) is 0 Å². The van der Waals surface area contributed by atoms with Crippen molar-refractivity contribution in [2.45, 2.75) is 26.8 Å². The minimum atomic E-state index is -0.371. The van der Waals surface area contributed by atoms with E-state index in [0.29, 0.717) is 30.3 Å². The van der Waals surface area contributed by atoms with Crippen LogP contribution in [0.25, 0.3) is 0 Å². The zero-order chi connectivity index (χ0) is 13.6. The number of benzene rings is 1. The molecule has 0 bridgehead atoms. The lowest BCUT2D eigenvalue weighted by atomic mass is 9.92. The van der Waals surface area contributed by atoms with Gasteiger partial charge in [-0.2, -0.15) is 5.26 Å². The van der Waals surface area contributed by atoms with Crippen LogP contribution in [0.15, 0.2) is 18.2 Å². The zero-order valence-electron chi connectivity index (χ0n) is 11.1. The fourth-order valence-corrected chi connectivity index (χ4v) is 1.76. The van der Waals surface area contributed by atoms with Crippen LogP contribution in [0.2, 0.25) is 5.02 Å². The van der Waals surface area contributed by atoms with E-state index in [4.69, 9.17) is 21.6 Å². The molecule has 1 aromatic carbocycles. The van der Waals surface area contributed by atoms with Crippen LogP contribution < -0.4 is 10.1 Å². The maximum Gasteiger partial charge on any atom is 0.142 e. The molecule has 3 nitrogen and oxygen atoms in total. The summed E-state index contributed by atoms with van der Waals surface area (Å²) in [4.78, 5) is 0. The van der Waals surface area contributed by atoms with E-state index in [9.17, 15) is 0 Å². The van der Waals surface area contributed by atoms with Gasteiger partial charge in [0.15, 0.2) is 0 Å². The number of nitrogens with one attached hydrogen (secondary N) is 1. The Labute approximate surface area is 114 Å². The summed E-state index contributed by atoms with van der Waals surface area (Å²) < 4.78 is 5.74. The molecule has 18 heavy (non-hydrogen) atoms. The smallest absolute Gasteiger partial charge is 0.142 e. The molecule has 0 aromatic heterocycles. The SMILES string of the molecule is CNCc1cccc(Cl)c1OCCC(C)(C)C#N. The lowest BCUT2D eigenvalue weighted by Crippen LogP contribution is -2.14. The highest BCUT2D eigenvalue weighted by molar-refractivity contribution is 6.32. The van der Waals surface area contributed by atoms with Crippen LogP contribution in [-0.4, -0.2) is 13.7 Å². The summed E-state index contributed by atoms with van der Waals surface area (Å²) in [7, 11) is 1.88. The highest BCUT2D eigenvalue weighted by Gasteiger charge is 2.17. The number of nitrogens with zero attached hydrogens (tertiary/aromatic N) is 1. The van der Waals surface area contributed by atoms with E-state index in [1.807, 2.05) is 39.1 Å². The van der Waals surface area contributed by atoms with Crippen LogP contribution in [0, 0.1) is 16.7 Å². The first-order valence-corrected chi connectivity index (χ1v) is 6.34. The predicted octanol–water partition coefficient (Wildman–Crippen LogP) is 3.38. The Hall–Kier alpha value is -1.24. The highest BCUT2D eigenvalue weighted by Crippen LogP contribution is 2.29. The highest BCUT2D eigenvalue weighted by atomic mass is 35.5. The van der Waals surface area contributed by atoms with Crippen molar-refractivity contribution in [1.29, 1.82) is 5.26 Å². The van der Waals surface area contributed by atoms with Gasteiger partial charge in [0, 0.05) is 12.1 Å². The number of halogens is 1. The third-order valence-corrected chi connectivity index (χ3v) is 2.99. The van der Waals surface area contributed by atoms with Crippen LogP contribution in [0.5, 0.6) is 5.75 Å². The first-order valence-electron chi connectivity index (χ1n) is 5.96. The third kappa shape index (κ3) is 4.21. The van der Waals surface area contributed by atoms with Crippen LogP contribution >= 0.6 is 11.6 Å². The van der Waals surface area contributed by atoms with Crippen molar-refractivity contribution in [2.24, 2.45) is 5.41 Å². The van der Waals surface area contributed by atoms with Gasteiger partial charge >= 0.3 is 0 Å². The number of nitriles is 1. The maximum absolute atomic E-state index is 8.94. The molecule has 1 rings (SSSR count). The number of ether oxygens (including phenoxy) is 1. The van der Waals surface area contributed by atoms with Gasteiger partial charge in [-0.05, 0) is 33.4 Å². The Bertz CT molecular complexity index is 438. The van der Waals surface area contributed by atoms with Crippen molar-refractivity contribution in [3.63, 3.8) is 0 Å². The molecule has 1 aromatic rings.